The highest BCUT2D eigenvalue weighted by molar-refractivity contribution is 8.98. The number of carbonyl (C=O) groups is 8. The first kappa shape index (κ1) is 38.8. The minimum absolute atomic E-state index is 0.265. The van der Waals surface area contributed by atoms with Crippen molar-refractivity contribution in [1.82, 2.24) is 21.3 Å². The summed E-state index contributed by atoms with van der Waals surface area (Å²) in [6.45, 7) is -1.59. The molecule has 42 heavy (non-hydrogen) atoms. The van der Waals surface area contributed by atoms with Crippen LogP contribution in [-0.4, -0.2) is 117 Å². The summed E-state index contributed by atoms with van der Waals surface area (Å²) < 4.78 is 0. The van der Waals surface area contributed by atoms with Crippen molar-refractivity contribution >= 4 is 86.9 Å². The Morgan fingerprint density at radius 1 is 0.690 bits per heavy atom. The van der Waals surface area contributed by atoms with E-state index < -0.39 is 103 Å². The zero-order chi connectivity index (χ0) is 32.6. The number of rotatable bonds is 21. The summed E-state index contributed by atoms with van der Waals surface area (Å²) in [7, 11) is 0.766. The van der Waals surface area contributed by atoms with Gasteiger partial charge in [0.1, 0.15) is 37.3 Å². The molecule has 0 fully saturated rings. The van der Waals surface area contributed by atoms with Crippen LogP contribution in [0.3, 0.4) is 0 Å². The second-order valence-corrected chi connectivity index (χ2v) is 18.2. The highest BCUT2D eigenvalue weighted by Crippen LogP contribution is 2.18. The first-order valence-electron chi connectivity index (χ1n) is 11.8. The van der Waals surface area contributed by atoms with Gasteiger partial charge in [0.15, 0.2) is 0 Å². The number of aliphatic carboxylic acids is 4. The molecule has 0 aromatic rings. The molecular weight excluding hydrogens is 645 g/mol. The minimum Gasteiger partial charge on any atom is -0.480 e. The van der Waals surface area contributed by atoms with Gasteiger partial charge in [0.05, 0.1) is 0 Å². The molecule has 0 saturated carbocycles. The number of hydrogen-bond donors (Lipinski definition) is 10. The van der Waals surface area contributed by atoms with Crippen molar-refractivity contribution in [3.05, 3.63) is 0 Å². The fourth-order valence-electron chi connectivity index (χ4n) is 2.71. The van der Waals surface area contributed by atoms with E-state index in [0.717, 1.165) is 10.8 Å². The molecule has 0 aromatic heterocycles. The SMILES string of the molecule is N[C@@H](CCC(=O)N[C@@H](CSS(=S)(=S)C[C@H](NC(=O)CC[C@H](N)C(=O)O)C(=O)NCC(=O)O)C(=O)NCC(=O)O)C(=O)O. The Morgan fingerprint density at radius 2 is 1.07 bits per heavy atom. The zero-order valence-corrected chi connectivity index (χ0v) is 25.1. The van der Waals surface area contributed by atoms with E-state index in [2.05, 4.69) is 21.3 Å². The van der Waals surface area contributed by atoms with Crippen LogP contribution in [-0.2, 0) is 66.9 Å². The molecule has 4 amide bonds. The van der Waals surface area contributed by atoms with E-state index in [0.29, 0.717) is 0 Å². The highest BCUT2D eigenvalue weighted by atomic mass is 33.5. The molecule has 0 aromatic carbocycles. The summed E-state index contributed by atoms with van der Waals surface area (Å²) in [5.74, 6) is -9.67. The lowest BCUT2D eigenvalue weighted by Gasteiger charge is -2.23. The Bertz CT molecular complexity index is 1150. The van der Waals surface area contributed by atoms with Crippen molar-refractivity contribution in [2.75, 3.05) is 24.6 Å². The molecule has 22 heteroatoms. The highest BCUT2D eigenvalue weighted by Gasteiger charge is 2.28. The van der Waals surface area contributed by atoms with Crippen LogP contribution in [0.1, 0.15) is 25.7 Å². The molecule has 0 aliphatic heterocycles. The van der Waals surface area contributed by atoms with Gasteiger partial charge in [0.25, 0.3) is 0 Å². The third-order valence-corrected chi connectivity index (χ3v) is 10.9. The second kappa shape index (κ2) is 19.1. The summed E-state index contributed by atoms with van der Waals surface area (Å²) in [6.07, 6.45) is -4.11. The van der Waals surface area contributed by atoms with Crippen LogP contribution < -0.4 is 32.7 Å². The van der Waals surface area contributed by atoms with Gasteiger partial charge in [0.2, 0.25) is 23.6 Å². The summed E-state index contributed by atoms with van der Waals surface area (Å²) in [4.78, 5) is 93.2. The number of hydrogen-bond acceptors (Lipinski definition) is 13. The largest absolute Gasteiger partial charge is 0.480 e. The number of amides is 4. The van der Waals surface area contributed by atoms with Crippen molar-refractivity contribution in [1.29, 1.82) is 0 Å². The van der Waals surface area contributed by atoms with Gasteiger partial charge in [-0.25, -0.2) is 0 Å². The monoisotopic (exact) mass is 676 g/mol. The van der Waals surface area contributed by atoms with Crippen LogP contribution in [0.2, 0.25) is 0 Å². The molecular formula is C20H32N6O12S4. The topological polar surface area (TPSA) is 318 Å². The van der Waals surface area contributed by atoms with Crippen molar-refractivity contribution < 1.29 is 58.8 Å². The van der Waals surface area contributed by atoms with E-state index in [9.17, 15) is 38.4 Å². The van der Waals surface area contributed by atoms with Crippen molar-refractivity contribution in [2.45, 2.75) is 49.9 Å². The number of carboxylic acids is 4. The Balaban J connectivity index is 5.62. The van der Waals surface area contributed by atoms with Gasteiger partial charge in [0, 0.05) is 24.3 Å². The first-order valence-corrected chi connectivity index (χ1v) is 16.9. The fraction of sp³-hybridized carbons (Fsp3) is 0.600. The van der Waals surface area contributed by atoms with Gasteiger partial charge < -0.3 is 53.2 Å². The third kappa shape index (κ3) is 17.6. The predicted molar refractivity (Wildman–Crippen MR) is 154 cm³/mol. The van der Waals surface area contributed by atoms with Gasteiger partial charge in [-0.05, 0) is 41.4 Å². The smallest absolute Gasteiger partial charge is 0.322 e. The van der Waals surface area contributed by atoms with E-state index >= 15 is 0 Å². The van der Waals surface area contributed by atoms with Crippen LogP contribution in [0.4, 0.5) is 0 Å². The first-order chi connectivity index (χ1) is 19.3. The van der Waals surface area contributed by atoms with E-state index in [1.54, 1.807) is 0 Å². The number of carboxylic acid groups (broad SMARTS) is 4. The maximum Gasteiger partial charge on any atom is 0.322 e. The molecule has 4 atom stereocenters. The summed E-state index contributed by atoms with van der Waals surface area (Å²) in [5, 5.41) is 44.2. The number of nitrogens with one attached hydrogen (secondary N) is 4. The van der Waals surface area contributed by atoms with Crippen LogP contribution in [0.5, 0.6) is 0 Å². The van der Waals surface area contributed by atoms with E-state index in [4.69, 9.17) is 54.3 Å². The van der Waals surface area contributed by atoms with Crippen molar-refractivity contribution in [2.24, 2.45) is 11.5 Å². The van der Waals surface area contributed by atoms with Crippen LogP contribution >= 0.6 is 10.8 Å². The minimum atomic E-state index is -2.79. The fourth-order valence-corrected chi connectivity index (χ4v) is 7.58. The van der Waals surface area contributed by atoms with Crippen LogP contribution in [0, 0.1) is 0 Å². The van der Waals surface area contributed by atoms with E-state index in [1.165, 1.54) is 0 Å². The number of carbonyl (C=O) groups excluding carboxylic acids is 4. The van der Waals surface area contributed by atoms with Crippen molar-refractivity contribution in [3.63, 3.8) is 0 Å². The lowest BCUT2D eigenvalue weighted by atomic mass is 10.1. The second-order valence-electron chi connectivity index (χ2n) is 8.44. The molecule has 0 heterocycles. The van der Waals surface area contributed by atoms with Crippen LogP contribution in [0.25, 0.3) is 0 Å². The van der Waals surface area contributed by atoms with Gasteiger partial charge in [-0.2, -0.15) is 0 Å². The molecule has 0 rings (SSSR count). The number of nitrogens with two attached hydrogens (primary N) is 2. The van der Waals surface area contributed by atoms with Gasteiger partial charge in [-0.1, -0.05) is 10.8 Å². The normalized spacial score (nSPS) is 13.9. The summed E-state index contributed by atoms with van der Waals surface area (Å²) in [5.41, 5.74) is 10.7. The summed E-state index contributed by atoms with van der Waals surface area (Å²) >= 11 is 10.8. The molecule has 18 nitrogen and oxygen atoms in total. The standard InChI is InChI=1S/C20H32N6O12S4/c21-9(19(35)36)1-3-13(27)25-11(17(33)23-5-15(29)30)7-41-42(39,40)8-12(18(34)24-6-16(31)32)26-14(28)4-2-10(22)20(37)38/h9-12H,1-8,21-22H2,(H,23,33)(H,24,34)(H,25,27)(H,26,28)(H,29,30)(H,31,32)(H,35,36)(H,37,38)/t9-,10-,11-,12-/m0/s1. The lowest BCUT2D eigenvalue weighted by Crippen LogP contribution is -2.51. The summed E-state index contributed by atoms with van der Waals surface area (Å²) in [6, 6.07) is -5.55. The molecule has 0 aliphatic carbocycles. The molecule has 0 spiro atoms. The quantitative estimate of drug-likeness (QED) is 0.0512. The zero-order valence-electron chi connectivity index (χ0n) is 21.8. The average molecular weight is 677 g/mol. The Kier molecular flexibility index (Phi) is 17.6. The maximum absolute atomic E-state index is 12.6. The molecule has 12 N–H and O–H groups in total. The van der Waals surface area contributed by atoms with Crippen molar-refractivity contribution in [3.8, 4) is 0 Å². The van der Waals surface area contributed by atoms with Gasteiger partial charge in [-0.15, -0.1) is 0 Å². The maximum atomic E-state index is 12.6. The Morgan fingerprint density at radius 3 is 1.45 bits per heavy atom. The Hall–Kier alpha value is -3.18. The molecule has 238 valence electrons. The lowest BCUT2D eigenvalue weighted by molar-refractivity contribution is -0.140. The molecule has 0 saturated heterocycles. The predicted octanol–water partition coefficient (Wildman–Crippen LogP) is -4.53. The van der Waals surface area contributed by atoms with Crippen LogP contribution in [0.15, 0.2) is 0 Å². The van der Waals surface area contributed by atoms with Gasteiger partial charge >= 0.3 is 23.9 Å². The molecule has 0 radical (unpaired) electrons. The molecule has 0 bridgehead atoms. The van der Waals surface area contributed by atoms with E-state index in [1.807, 2.05) is 0 Å². The van der Waals surface area contributed by atoms with E-state index in [-0.39, 0.29) is 25.0 Å². The molecule has 0 unspecified atom stereocenters. The van der Waals surface area contributed by atoms with Gasteiger partial charge in [-0.3, -0.25) is 38.4 Å². The Labute approximate surface area is 252 Å². The molecule has 0 aliphatic rings. The third-order valence-electron chi connectivity index (χ3n) is 4.92. The average Bonchev–Trinajstić information content (AvgIpc) is 2.88.